The highest BCUT2D eigenvalue weighted by Gasteiger charge is 2.25. The van der Waals surface area contributed by atoms with E-state index in [9.17, 15) is 0 Å². The Kier molecular flexibility index (Phi) is 6.12. The van der Waals surface area contributed by atoms with Gasteiger partial charge in [0.25, 0.3) is 0 Å². The minimum absolute atomic E-state index is 0.272. The van der Waals surface area contributed by atoms with E-state index in [0.29, 0.717) is 13.2 Å². The first kappa shape index (κ1) is 17.3. The summed E-state index contributed by atoms with van der Waals surface area (Å²) >= 11 is 1.75. The van der Waals surface area contributed by atoms with E-state index in [4.69, 9.17) is 9.47 Å². The fourth-order valence-electron chi connectivity index (χ4n) is 3.22. The summed E-state index contributed by atoms with van der Waals surface area (Å²) in [4.78, 5) is 2.55. The molecule has 1 fully saturated rings. The van der Waals surface area contributed by atoms with Gasteiger partial charge < -0.3 is 14.8 Å². The van der Waals surface area contributed by atoms with Crippen LogP contribution >= 0.6 is 11.3 Å². The molecule has 0 bridgehead atoms. The van der Waals surface area contributed by atoms with Crippen LogP contribution in [0.3, 0.4) is 0 Å². The molecule has 1 aromatic carbocycles. The molecule has 5 heteroatoms. The first-order chi connectivity index (χ1) is 11.8. The highest BCUT2D eigenvalue weighted by Crippen LogP contribution is 2.36. The molecular weight excluding hydrogens is 320 g/mol. The number of ether oxygens (including phenoxy) is 2. The molecule has 130 valence electrons. The minimum Gasteiger partial charge on any atom is -0.490 e. The van der Waals surface area contributed by atoms with Gasteiger partial charge in [0.15, 0.2) is 11.5 Å². The van der Waals surface area contributed by atoms with Crippen LogP contribution in [0.25, 0.3) is 0 Å². The molecule has 0 saturated carbocycles. The molecule has 2 heterocycles. The summed E-state index contributed by atoms with van der Waals surface area (Å²) in [5, 5.41) is 7.85. The smallest absolute Gasteiger partial charge is 0.161 e. The van der Waals surface area contributed by atoms with Crippen molar-refractivity contribution in [2.45, 2.75) is 19.9 Å². The largest absolute Gasteiger partial charge is 0.490 e. The van der Waals surface area contributed by atoms with Gasteiger partial charge in [0.1, 0.15) is 0 Å². The third-order valence-corrected chi connectivity index (χ3v) is 4.96. The highest BCUT2D eigenvalue weighted by atomic mass is 32.1. The van der Waals surface area contributed by atoms with Crippen molar-refractivity contribution in [2.75, 3.05) is 39.4 Å². The number of thiophene rings is 1. The molecule has 1 aromatic heterocycles. The van der Waals surface area contributed by atoms with E-state index < -0.39 is 0 Å². The first-order valence-electron chi connectivity index (χ1n) is 8.70. The van der Waals surface area contributed by atoms with Crippen LogP contribution in [0.5, 0.6) is 11.5 Å². The van der Waals surface area contributed by atoms with Gasteiger partial charge in [-0.25, -0.2) is 0 Å². The molecule has 2 aromatic rings. The van der Waals surface area contributed by atoms with Crippen molar-refractivity contribution in [3.8, 4) is 11.5 Å². The molecular formula is C19H26N2O2S. The molecule has 1 unspecified atom stereocenters. The van der Waals surface area contributed by atoms with Crippen LogP contribution in [0.4, 0.5) is 0 Å². The van der Waals surface area contributed by atoms with E-state index in [1.807, 2.05) is 19.9 Å². The summed E-state index contributed by atoms with van der Waals surface area (Å²) in [6.07, 6.45) is 0. The quantitative estimate of drug-likeness (QED) is 0.831. The van der Waals surface area contributed by atoms with Gasteiger partial charge in [-0.3, -0.25) is 4.90 Å². The topological polar surface area (TPSA) is 33.7 Å². The Morgan fingerprint density at radius 3 is 2.46 bits per heavy atom. The fraction of sp³-hybridized carbons (Fsp3) is 0.474. The van der Waals surface area contributed by atoms with Crippen molar-refractivity contribution in [1.82, 2.24) is 10.2 Å². The highest BCUT2D eigenvalue weighted by molar-refractivity contribution is 7.08. The number of benzene rings is 1. The van der Waals surface area contributed by atoms with E-state index in [1.165, 1.54) is 11.1 Å². The number of hydrogen-bond donors (Lipinski definition) is 1. The number of nitrogens with one attached hydrogen (secondary N) is 1. The number of nitrogens with zero attached hydrogens (tertiary/aromatic N) is 1. The van der Waals surface area contributed by atoms with E-state index in [1.54, 1.807) is 11.3 Å². The maximum absolute atomic E-state index is 5.83. The number of hydrogen-bond acceptors (Lipinski definition) is 5. The van der Waals surface area contributed by atoms with E-state index in [-0.39, 0.29) is 6.04 Å². The average molecular weight is 346 g/mol. The van der Waals surface area contributed by atoms with Gasteiger partial charge in [-0.05, 0) is 53.9 Å². The molecule has 1 aliphatic rings. The number of rotatable bonds is 7. The molecule has 0 amide bonds. The van der Waals surface area contributed by atoms with Gasteiger partial charge >= 0.3 is 0 Å². The van der Waals surface area contributed by atoms with Crippen LogP contribution in [0.15, 0.2) is 35.0 Å². The van der Waals surface area contributed by atoms with Crippen molar-refractivity contribution in [2.24, 2.45) is 0 Å². The molecule has 24 heavy (non-hydrogen) atoms. The van der Waals surface area contributed by atoms with E-state index in [0.717, 1.165) is 37.7 Å². The lowest BCUT2D eigenvalue weighted by atomic mass is 9.98. The third kappa shape index (κ3) is 3.91. The van der Waals surface area contributed by atoms with Crippen LogP contribution in [-0.2, 0) is 0 Å². The first-order valence-corrected chi connectivity index (χ1v) is 9.64. The molecule has 4 nitrogen and oxygen atoms in total. The zero-order valence-corrected chi connectivity index (χ0v) is 15.3. The lowest BCUT2D eigenvalue weighted by molar-refractivity contribution is 0.198. The van der Waals surface area contributed by atoms with Crippen LogP contribution in [0.2, 0.25) is 0 Å². The van der Waals surface area contributed by atoms with Gasteiger partial charge in [0, 0.05) is 26.2 Å². The molecule has 0 radical (unpaired) electrons. The summed E-state index contributed by atoms with van der Waals surface area (Å²) < 4.78 is 11.5. The Morgan fingerprint density at radius 2 is 1.79 bits per heavy atom. The molecule has 1 aliphatic heterocycles. The predicted molar refractivity (Wildman–Crippen MR) is 99.4 cm³/mol. The van der Waals surface area contributed by atoms with Crippen molar-refractivity contribution in [1.29, 1.82) is 0 Å². The minimum atomic E-state index is 0.272. The Morgan fingerprint density at radius 1 is 1.04 bits per heavy atom. The van der Waals surface area contributed by atoms with Gasteiger partial charge in [-0.1, -0.05) is 6.07 Å². The van der Waals surface area contributed by atoms with Crippen LogP contribution < -0.4 is 14.8 Å². The second-order valence-corrected chi connectivity index (χ2v) is 6.60. The van der Waals surface area contributed by atoms with Crippen LogP contribution in [0.1, 0.15) is 31.0 Å². The van der Waals surface area contributed by atoms with Crippen LogP contribution in [0, 0.1) is 0 Å². The van der Waals surface area contributed by atoms with Crippen molar-refractivity contribution in [3.05, 3.63) is 46.2 Å². The van der Waals surface area contributed by atoms with Gasteiger partial charge in [0.2, 0.25) is 0 Å². The molecule has 3 rings (SSSR count). The van der Waals surface area contributed by atoms with Crippen molar-refractivity contribution >= 4 is 11.3 Å². The average Bonchev–Trinajstić information content (AvgIpc) is 3.13. The summed E-state index contributed by atoms with van der Waals surface area (Å²) in [6.45, 7) is 9.47. The molecule has 0 spiro atoms. The lowest BCUT2D eigenvalue weighted by Crippen LogP contribution is -2.45. The Balaban J connectivity index is 1.96. The molecule has 0 aliphatic carbocycles. The Labute approximate surface area is 148 Å². The third-order valence-electron chi connectivity index (χ3n) is 4.26. The molecule has 1 saturated heterocycles. The van der Waals surface area contributed by atoms with Crippen LogP contribution in [-0.4, -0.2) is 44.3 Å². The molecule has 1 atom stereocenters. The normalized spacial score (nSPS) is 16.8. The maximum atomic E-state index is 5.83. The SMILES string of the molecule is CCOc1ccc(C(c2ccsc2)N2CCNCC2)cc1OCC. The monoisotopic (exact) mass is 346 g/mol. The van der Waals surface area contributed by atoms with Gasteiger partial charge in [-0.2, -0.15) is 11.3 Å². The van der Waals surface area contributed by atoms with E-state index >= 15 is 0 Å². The van der Waals surface area contributed by atoms with Crippen molar-refractivity contribution in [3.63, 3.8) is 0 Å². The zero-order valence-electron chi connectivity index (χ0n) is 14.5. The Hall–Kier alpha value is -1.56. The number of piperazine rings is 1. The second kappa shape index (κ2) is 8.51. The van der Waals surface area contributed by atoms with Crippen molar-refractivity contribution < 1.29 is 9.47 Å². The summed E-state index contributed by atoms with van der Waals surface area (Å²) in [5.74, 6) is 1.67. The summed E-state index contributed by atoms with van der Waals surface area (Å²) in [6, 6.07) is 8.88. The van der Waals surface area contributed by atoms with Gasteiger partial charge in [0.05, 0.1) is 19.3 Å². The van der Waals surface area contributed by atoms with E-state index in [2.05, 4.69) is 39.2 Å². The second-order valence-electron chi connectivity index (χ2n) is 5.82. The maximum Gasteiger partial charge on any atom is 0.161 e. The summed E-state index contributed by atoms with van der Waals surface area (Å²) in [5.41, 5.74) is 2.62. The van der Waals surface area contributed by atoms with Gasteiger partial charge in [-0.15, -0.1) is 0 Å². The summed E-state index contributed by atoms with van der Waals surface area (Å²) in [7, 11) is 0. The fourth-order valence-corrected chi connectivity index (χ4v) is 3.90. The molecule has 1 N–H and O–H groups in total. The standard InChI is InChI=1S/C19H26N2O2S/c1-3-22-17-6-5-15(13-18(17)23-4-2)19(16-7-12-24-14-16)21-10-8-20-9-11-21/h5-7,12-14,19-20H,3-4,8-11H2,1-2H3. The Bertz CT molecular complexity index is 624. The lowest BCUT2D eigenvalue weighted by Gasteiger charge is -2.35. The zero-order chi connectivity index (χ0) is 16.8. The predicted octanol–water partition coefficient (Wildman–Crippen LogP) is 3.54.